The van der Waals surface area contributed by atoms with Gasteiger partial charge in [-0.3, -0.25) is 0 Å². The van der Waals surface area contributed by atoms with Gasteiger partial charge in [0.1, 0.15) is 0 Å². The molecule has 0 heterocycles. The van der Waals surface area contributed by atoms with Crippen molar-refractivity contribution in [3.05, 3.63) is 194 Å². The van der Waals surface area contributed by atoms with E-state index in [1.165, 1.54) is 43.1 Å². The fourth-order valence-corrected chi connectivity index (χ4v) is 4.53. The third-order valence-electron chi connectivity index (χ3n) is 6.63. The van der Waals surface area contributed by atoms with Crippen LogP contribution in [-0.4, -0.2) is 19.2 Å². The van der Waals surface area contributed by atoms with Crippen LogP contribution in [0.3, 0.4) is 0 Å². The molecule has 0 N–H and O–H groups in total. The normalized spacial score (nSPS) is 7.68. The molecule has 3 nitrogen and oxygen atoms in total. The summed E-state index contributed by atoms with van der Waals surface area (Å²) in [4.78, 5) is 0. The molecule has 0 radical (unpaired) electrons. The molecular formula is C65H107O3S-. The van der Waals surface area contributed by atoms with E-state index in [1.807, 2.05) is 166 Å². The summed E-state index contributed by atoms with van der Waals surface area (Å²) in [5.41, 5.74) is 0. The molecule has 8 rings (SSSR count). The minimum atomic E-state index is -3.92. The molecule has 0 atom stereocenters. The van der Waals surface area contributed by atoms with Gasteiger partial charge < -0.3 is 4.55 Å². The second-order valence-electron chi connectivity index (χ2n) is 10.1. The predicted octanol–water partition coefficient (Wildman–Crippen LogP) is 22.8. The summed E-state index contributed by atoms with van der Waals surface area (Å²) >= 11 is 0. The Hall–Kier alpha value is -5.29. The Labute approximate surface area is 430 Å². The summed E-state index contributed by atoms with van der Waals surface area (Å²) in [6.07, 6.45) is 0.604. The molecule has 0 aromatic heterocycles. The van der Waals surface area contributed by atoms with Crippen LogP contribution in [0.4, 0.5) is 0 Å². The monoisotopic (exact) mass is 968 g/mol. The summed E-state index contributed by atoms with van der Waals surface area (Å²) in [7, 11) is -3.92. The molecule has 0 unspecified atom stereocenters. The molecule has 4 heteroatoms. The van der Waals surface area contributed by atoms with Crippen LogP contribution in [0.15, 0.2) is 194 Å². The standard InChI is InChI=1S/4C10H8.12C2H6.CH4O3S/c4*1-2-6-10-8-4-3-7-9(10)5-1;12*1-2;1-5(2,3)4/h4*1-8H;12*1-2H3;1H3,(H,2,3,4)/p-1. The maximum atomic E-state index is 9.08. The van der Waals surface area contributed by atoms with E-state index in [9.17, 15) is 0 Å². The third kappa shape index (κ3) is 51.9. The first-order valence-electron chi connectivity index (χ1n) is 26.5. The van der Waals surface area contributed by atoms with Crippen LogP contribution in [0.1, 0.15) is 166 Å². The summed E-state index contributed by atoms with van der Waals surface area (Å²) < 4.78 is 27.2. The van der Waals surface area contributed by atoms with Gasteiger partial charge in [-0.25, -0.2) is 8.42 Å². The van der Waals surface area contributed by atoms with Crippen molar-refractivity contribution < 1.29 is 13.0 Å². The van der Waals surface area contributed by atoms with E-state index in [4.69, 9.17) is 13.0 Å². The van der Waals surface area contributed by atoms with Crippen molar-refractivity contribution in [2.75, 3.05) is 6.26 Å². The van der Waals surface area contributed by atoms with Crippen LogP contribution in [0, 0.1) is 0 Å². The van der Waals surface area contributed by atoms with E-state index in [1.54, 1.807) is 0 Å². The molecule has 8 aromatic rings. The SMILES string of the molecule is CC.CC.CC.CC.CC.CC.CC.CC.CC.CC.CC.CC.CS(=O)(=O)[O-].c1ccc2ccccc2c1.c1ccc2ccccc2c1.c1ccc2ccccc2c1.c1ccc2ccccc2c1. The van der Waals surface area contributed by atoms with Crippen molar-refractivity contribution in [1.82, 2.24) is 0 Å². The van der Waals surface area contributed by atoms with E-state index in [-0.39, 0.29) is 0 Å². The highest BCUT2D eigenvalue weighted by Crippen LogP contribution is 2.13. The first-order valence-corrected chi connectivity index (χ1v) is 28.3. The van der Waals surface area contributed by atoms with Crippen LogP contribution in [0.25, 0.3) is 43.1 Å². The second kappa shape index (κ2) is 74.3. The Bertz CT molecular complexity index is 1620. The average Bonchev–Trinajstić information content (AvgIpc) is 3.47. The van der Waals surface area contributed by atoms with E-state index in [2.05, 4.69) is 194 Å². The first-order chi connectivity index (χ1) is 33.9. The molecule has 0 amide bonds. The zero-order chi connectivity index (χ0) is 55.7. The van der Waals surface area contributed by atoms with Crippen molar-refractivity contribution in [3.8, 4) is 0 Å². The van der Waals surface area contributed by atoms with Gasteiger partial charge in [-0.05, 0) is 43.1 Å². The van der Waals surface area contributed by atoms with E-state index in [0.717, 1.165) is 0 Å². The molecule has 0 aliphatic carbocycles. The fraction of sp³-hybridized carbons (Fsp3) is 0.385. The third-order valence-corrected chi connectivity index (χ3v) is 6.63. The average molecular weight is 969 g/mol. The molecule has 8 aromatic carbocycles. The van der Waals surface area contributed by atoms with Gasteiger partial charge in [-0.1, -0.05) is 360 Å². The van der Waals surface area contributed by atoms with Crippen LogP contribution in [0.5, 0.6) is 0 Å². The number of hydrogen-bond donors (Lipinski definition) is 0. The Morgan fingerprint density at radius 3 is 0.290 bits per heavy atom. The Morgan fingerprint density at radius 2 is 0.246 bits per heavy atom. The largest absolute Gasteiger partial charge is 0.748 e. The molecule has 0 fully saturated rings. The molecule has 69 heavy (non-hydrogen) atoms. The summed E-state index contributed by atoms with van der Waals surface area (Å²) in [5, 5.41) is 10.5. The lowest BCUT2D eigenvalue weighted by Gasteiger charge is -1.92. The van der Waals surface area contributed by atoms with Gasteiger partial charge in [-0.2, -0.15) is 0 Å². The lowest BCUT2D eigenvalue weighted by atomic mass is 10.1. The van der Waals surface area contributed by atoms with Crippen molar-refractivity contribution >= 4 is 53.2 Å². The van der Waals surface area contributed by atoms with Gasteiger partial charge in [0.25, 0.3) is 0 Å². The molecule has 0 aliphatic heterocycles. The molecule has 0 saturated heterocycles. The Kier molecular flexibility index (Phi) is 90.1. The molecule has 0 saturated carbocycles. The minimum Gasteiger partial charge on any atom is -0.748 e. The quantitative estimate of drug-likeness (QED) is 0.142. The van der Waals surface area contributed by atoms with Gasteiger partial charge in [-0.15, -0.1) is 0 Å². The second-order valence-corrected chi connectivity index (χ2v) is 11.5. The zero-order valence-electron chi connectivity index (χ0n) is 49.1. The zero-order valence-corrected chi connectivity index (χ0v) is 49.9. The maximum Gasteiger partial charge on any atom is 0.0916 e. The van der Waals surface area contributed by atoms with Gasteiger partial charge in [0.2, 0.25) is 0 Å². The van der Waals surface area contributed by atoms with Crippen molar-refractivity contribution in [2.45, 2.75) is 166 Å². The van der Waals surface area contributed by atoms with Crippen molar-refractivity contribution in [2.24, 2.45) is 0 Å². The lowest BCUT2D eigenvalue weighted by molar-refractivity contribution is 0.470. The van der Waals surface area contributed by atoms with Crippen molar-refractivity contribution in [3.63, 3.8) is 0 Å². The van der Waals surface area contributed by atoms with E-state index < -0.39 is 10.1 Å². The topological polar surface area (TPSA) is 57.2 Å². The smallest absolute Gasteiger partial charge is 0.0916 e. The fourth-order valence-electron chi connectivity index (χ4n) is 4.53. The molecule has 0 aliphatic rings. The van der Waals surface area contributed by atoms with E-state index >= 15 is 0 Å². The van der Waals surface area contributed by atoms with Gasteiger partial charge in [0.05, 0.1) is 10.1 Å². The highest BCUT2D eigenvalue weighted by Gasteiger charge is 1.88. The molecular weight excluding hydrogens is 861 g/mol. The van der Waals surface area contributed by atoms with Crippen LogP contribution in [-0.2, 0) is 10.1 Å². The van der Waals surface area contributed by atoms with Crippen LogP contribution >= 0.6 is 0 Å². The highest BCUT2D eigenvalue weighted by molar-refractivity contribution is 7.84. The summed E-state index contributed by atoms with van der Waals surface area (Å²) in [6.45, 7) is 48.0. The highest BCUT2D eigenvalue weighted by atomic mass is 32.2. The summed E-state index contributed by atoms with van der Waals surface area (Å²) in [5.74, 6) is 0. The minimum absolute atomic E-state index is 0.604. The van der Waals surface area contributed by atoms with Crippen LogP contribution < -0.4 is 0 Å². The van der Waals surface area contributed by atoms with Crippen molar-refractivity contribution in [1.29, 1.82) is 0 Å². The van der Waals surface area contributed by atoms with Gasteiger partial charge in [0.15, 0.2) is 0 Å². The number of rotatable bonds is 0. The molecule has 0 bridgehead atoms. The Morgan fingerprint density at radius 1 is 0.203 bits per heavy atom. The summed E-state index contributed by atoms with van der Waals surface area (Å²) in [6, 6.07) is 66.9. The lowest BCUT2D eigenvalue weighted by Crippen LogP contribution is -1.88. The number of fused-ring (bicyclic) bond motifs is 4. The predicted molar refractivity (Wildman–Crippen MR) is 328 cm³/mol. The molecule has 0 spiro atoms. The number of benzene rings is 8. The first kappa shape index (κ1) is 83.7. The maximum absolute atomic E-state index is 9.08. The number of hydrogen-bond acceptors (Lipinski definition) is 3. The van der Waals surface area contributed by atoms with Gasteiger partial charge >= 0.3 is 0 Å². The molecule has 392 valence electrons. The van der Waals surface area contributed by atoms with E-state index in [0.29, 0.717) is 6.26 Å². The Balaban J connectivity index is -0.0000000846. The van der Waals surface area contributed by atoms with Crippen LogP contribution in [0.2, 0.25) is 0 Å². The van der Waals surface area contributed by atoms with Gasteiger partial charge in [0, 0.05) is 6.26 Å².